The van der Waals surface area contributed by atoms with E-state index in [1.165, 1.54) is 11.1 Å². The van der Waals surface area contributed by atoms with Crippen LogP contribution in [0.4, 0.5) is 5.82 Å². The first-order chi connectivity index (χ1) is 12.3. The largest absolute Gasteiger partial charge is 0.383 e. The molecule has 4 nitrogen and oxygen atoms in total. The van der Waals surface area contributed by atoms with Gasteiger partial charge in [0.15, 0.2) is 0 Å². The van der Waals surface area contributed by atoms with Gasteiger partial charge in [0.25, 0.3) is 0 Å². The lowest BCUT2D eigenvalue weighted by Crippen LogP contribution is -2.29. The topological polar surface area (TPSA) is 63.0 Å². The van der Waals surface area contributed by atoms with Crippen molar-refractivity contribution in [2.24, 2.45) is 5.92 Å². The molecule has 0 saturated heterocycles. The molecule has 2 heterocycles. The van der Waals surface area contributed by atoms with Crippen LogP contribution in [0, 0.1) is 12.8 Å². The van der Waals surface area contributed by atoms with Gasteiger partial charge in [0.2, 0.25) is 12.4 Å². The molecular formula is C22H38N3O+. The third kappa shape index (κ3) is 7.85. The summed E-state index contributed by atoms with van der Waals surface area (Å²) >= 11 is 0. The van der Waals surface area contributed by atoms with Gasteiger partial charge in [-0.2, -0.15) is 0 Å². The zero-order valence-electron chi connectivity index (χ0n) is 17.8. The van der Waals surface area contributed by atoms with E-state index in [0.717, 1.165) is 16.8 Å². The van der Waals surface area contributed by atoms with E-state index < -0.39 is 0 Å². The number of anilines is 1. The molecule has 0 bridgehead atoms. The van der Waals surface area contributed by atoms with Crippen LogP contribution in [-0.2, 0) is 0 Å². The summed E-state index contributed by atoms with van der Waals surface area (Å²) in [6.45, 7) is 16.8. The van der Waals surface area contributed by atoms with Gasteiger partial charge in [-0.05, 0) is 48.8 Å². The minimum Gasteiger partial charge on any atom is -0.383 e. The van der Waals surface area contributed by atoms with Gasteiger partial charge in [-0.25, -0.2) is 4.98 Å². The predicted molar refractivity (Wildman–Crippen MR) is 111 cm³/mol. The zero-order chi connectivity index (χ0) is 20.3. The first-order valence-electron chi connectivity index (χ1n) is 9.69. The molecule has 2 aromatic rings. The lowest BCUT2D eigenvalue weighted by molar-refractivity contribution is -0.905. The third-order valence-corrected chi connectivity index (χ3v) is 4.58. The summed E-state index contributed by atoms with van der Waals surface area (Å²) in [6, 6.07) is 7.98. The quantitative estimate of drug-likeness (QED) is 0.560. The lowest BCUT2D eigenvalue weighted by Gasteiger charge is -2.17. The Bertz CT molecular complexity index is 641. The Kier molecular flexibility index (Phi) is 11.3. The SMILES string of the molecule is CC.CCC(C)c1ccc[n+](O)c1.Cc1ccc(C(C)C(C)C)c(N)n1. The second kappa shape index (κ2) is 12.3. The van der Waals surface area contributed by atoms with Gasteiger partial charge in [-0.3, -0.25) is 5.21 Å². The molecule has 146 valence electrons. The number of nitrogens with zero attached hydrogens (tertiary/aromatic N) is 2. The summed E-state index contributed by atoms with van der Waals surface area (Å²) < 4.78 is 1.10. The summed E-state index contributed by atoms with van der Waals surface area (Å²) in [7, 11) is 0. The predicted octanol–water partition coefficient (Wildman–Crippen LogP) is 5.48. The Balaban J connectivity index is 0.000000444. The molecule has 3 N–H and O–H groups in total. The summed E-state index contributed by atoms with van der Waals surface area (Å²) in [4.78, 5) is 4.25. The van der Waals surface area contributed by atoms with Crippen LogP contribution in [0.5, 0.6) is 0 Å². The molecule has 0 saturated carbocycles. The second-order valence-corrected chi connectivity index (χ2v) is 6.79. The van der Waals surface area contributed by atoms with Gasteiger partial charge >= 0.3 is 0 Å². The highest BCUT2D eigenvalue weighted by Crippen LogP contribution is 2.27. The van der Waals surface area contributed by atoms with Crippen molar-refractivity contribution in [1.82, 2.24) is 4.98 Å². The Morgan fingerprint density at radius 2 is 1.73 bits per heavy atom. The number of aromatic nitrogens is 2. The van der Waals surface area contributed by atoms with Gasteiger partial charge in [0.05, 0.1) is 0 Å². The van der Waals surface area contributed by atoms with E-state index in [0.29, 0.717) is 23.6 Å². The van der Waals surface area contributed by atoms with Crippen molar-refractivity contribution in [2.45, 2.75) is 73.6 Å². The smallest absolute Gasteiger partial charge is 0.225 e. The van der Waals surface area contributed by atoms with Crippen LogP contribution in [0.15, 0.2) is 36.7 Å². The molecule has 4 heteroatoms. The molecule has 0 fully saturated rings. The minimum atomic E-state index is 0.480. The summed E-state index contributed by atoms with van der Waals surface area (Å²) in [5.74, 6) is 2.29. The van der Waals surface area contributed by atoms with E-state index in [9.17, 15) is 0 Å². The molecule has 0 aliphatic heterocycles. The van der Waals surface area contributed by atoms with Crippen molar-refractivity contribution in [1.29, 1.82) is 0 Å². The Labute approximate surface area is 160 Å². The number of nitrogen functional groups attached to an aromatic ring is 1. The number of aryl methyl sites for hydroxylation is 1. The molecule has 2 atom stereocenters. The fraction of sp³-hybridized carbons (Fsp3) is 0.545. The standard InChI is InChI=1S/C11H18N2.C9H14NO.C2H6/c1-7(2)9(4)10-6-5-8(3)13-11(10)12;1-3-8(2)9-5-4-6-10(11)7-9;1-2/h5-7,9H,1-4H3,(H2,12,13);4-8,11H,3H2,1-2H3;1-2H3/q;+1;. The first-order valence-corrected chi connectivity index (χ1v) is 9.69. The van der Waals surface area contributed by atoms with Crippen LogP contribution in [0.3, 0.4) is 0 Å². The normalized spacial score (nSPS) is 12.3. The van der Waals surface area contributed by atoms with Crippen molar-refractivity contribution in [2.75, 3.05) is 5.73 Å². The maximum absolute atomic E-state index is 9.07. The Morgan fingerprint density at radius 1 is 1.12 bits per heavy atom. The molecular weight excluding hydrogens is 322 g/mol. The number of pyridine rings is 2. The van der Waals surface area contributed by atoms with Crippen LogP contribution < -0.4 is 10.5 Å². The van der Waals surface area contributed by atoms with Crippen molar-refractivity contribution in [3.8, 4) is 0 Å². The molecule has 2 aromatic heterocycles. The van der Waals surface area contributed by atoms with Crippen LogP contribution in [-0.4, -0.2) is 10.2 Å². The summed E-state index contributed by atoms with van der Waals surface area (Å²) in [5, 5.41) is 9.07. The average molecular weight is 361 g/mol. The van der Waals surface area contributed by atoms with Crippen molar-refractivity contribution in [3.05, 3.63) is 53.5 Å². The van der Waals surface area contributed by atoms with Crippen LogP contribution in [0.1, 0.15) is 83.5 Å². The molecule has 2 unspecified atom stereocenters. The third-order valence-electron chi connectivity index (χ3n) is 4.58. The molecule has 0 spiro atoms. The minimum absolute atomic E-state index is 0.480. The van der Waals surface area contributed by atoms with Crippen molar-refractivity contribution >= 4 is 5.82 Å². The maximum Gasteiger partial charge on any atom is 0.225 e. The highest BCUT2D eigenvalue weighted by Gasteiger charge is 2.13. The average Bonchev–Trinajstić information content (AvgIpc) is 2.62. The van der Waals surface area contributed by atoms with Crippen LogP contribution >= 0.6 is 0 Å². The Morgan fingerprint density at radius 3 is 2.19 bits per heavy atom. The van der Waals surface area contributed by atoms with E-state index in [1.807, 2.05) is 39.0 Å². The fourth-order valence-corrected chi connectivity index (χ4v) is 2.34. The van der Waals surface area contributed by atoms with E-state index >= 15 is 0 Å². The molecule has 0 amide bonds. The lowest BCUT2D eigenvalue weighted by atomic mass is 9.90. The monoisotopic (exact) mass is 360 g/mol. The van der Waals surface area contributed by atoms with Gasteiger partial charge in [-0.1, -0.05) is 54.5 Å². The van der Waals surface area contributed by atoms with Crippen LogP contribution in [0.25, 0.3) is 0 Å². The van der Waals surface area contributed by atoms with E-state index in [2.05, 4.69) is 45.7 Å². The van der Waals surface area contributed by atoms with E-state index in [-0.39, 0.29) is 0 Å². The van der Waals surface area contributed by atoms with Gasteiger partial charge in [0, 0.05) is 22.1 Å². The number of rotatable bonds is 4. The second-order valence-electron chi connectivity index (χ2n) is 6.79. The number of nitrogens with two attached hydrogens (primary N) is 1. The molecule has 0 aliphatic carbocycles. The fourth-order valence-electron chi connectivity index (χ4n) is 2.34. The first kappa shape index (κ1) is 23.9. The van der Waals surface area contributed by atoms with E-state index in [1.54, 1.807) is 12.4 Å². The number of hydrogen-bond acceptors (Lipinski definition) is 3. The van der Waals surface area contributed by atoms with E-state index in [4.69, 9.17) is 10.9 Å². The van der Waals surface area contributed by atoms with Gasteiger partial charge < -0.3 is 5.73 Å². The van der Waals surface area contributed by atoms with Crippen molar-refractivity contribution < 1.29 is 9.94 Å². The highest BCUT2D eigenvalue weighted by molar-refractivity contribution is 5.42. The summed E-state index contributed by atoms with van der Waals surface area (Å²) in [6.07, 6.45) is 4.46. The molecule has 26 heavy (non-hydrogen) atoms. The zero-order valence-corrected chi connectivity index (χ0v) is 17.8. The van der Waals surface area contributed by atoms with Crippen molar-refractivity contribution in [3.63, 3.8) is 0 Å². The highest BCUT2D eigenvalue weighted by atomic mass is 16.5. The maximum atomic E-state index is 9.07. The molecule has 0 aliphatic rings. The molecule has 2 rings (SSSR count). The molecule has 0 aromatic carbocycles. The Hall–Kier alpha value is -2.10. The summed E-state index contributed by atoms with van der Waals surface area (Å²) in [5.41, 5.74) is 9.18. The number of hydrogen-bond donors (Lipinski definition) is 2. The van der Waals surface area contributed by atoms with Gasteiger partial charge in [0.1, 0.15) is 5.82 Å². The van der Waals surface area contributed by atoms with Crippen LogP contribution in [0.2, 0.25) is 0 Å². The molecule has 0 radical (unpaired) electrons. The van der Waals surface area contributed by atoms with Gasteiger partial charge in [-0.15, -0.1) is 0 Å².